The summed E-state index contributed by atoms with van der Waals surface area (Å²) in [6, 6.07) is 0. The van der Waals surface area contributed by atoms with Crippen LogP contribution in [0.1, 0.15) is 18.5 Å². The molecule has 1 aromatic rings. The maximum Gasteiger partial charge on any atom is 0.230 e. The molecule has 0 amide bonds. The van der Waals surface area contributed by atoms with Crippen LogP contribution >= 0.6 is 11.8 Å². The molecular formula is C8H10N2OS. The van der Waals surface area contributed by atoms with E-state index < -0.39 is 0 Å². The quantitative estimate of drug-likeness (QED) is 0.662. The fourth-order valence-corrected chi connectivity index (χ4v) is 2.53. The first-order valence-corrected chi connectivity index (χ1v) is 4.83. The normalized spacial score (nSPS) is 20.7. The van der Waals surface area contributed by atoms with Crippen molar-refractivity contribution >= 4 is 11.8 Å². The van der Waals surface area contributed by atoms with E-state index in [4.69, 9.17) is 4.74 Å². The standard InChI is InChI=1S/C8H10N2OS/c1-5-3-12-7-6(5)9-4-10-8(7)11-2/h4-5H,3H2,1-2H3. The Kier molecular flexibility index (Phi) is 1.92. The molecule has 0 N–H and O–H groups in total. The van der Waals surface area contributed by atoms with E-state index in [-0.39, 0.29) is 0 Å². The zero-order chi connectivity index (χ0) is 8.55. The maximum atomic E-state index is 5.13. The van der Waals surface area contributed by atoms with Crippen LogP contribution in [0.25, 0.3) is 0 Å². The Balaban J connectivity index is 2.50. The molecule has 1 aromatic heterocycles. The molecule has 1 atom stereocenters. The van der Waals surface area contributed by atoms with Gasteiger partial charge in [-0.25, -0.2) is 9.97 Å². The Bertz CT molecular complexity index is 303. The van der Waals surface area contributed by atoms with E-state index in [0.717, 1.165) is 16.3 Å². The molecule has 1 aliphatic heterocycles. The first-order chi connectivity index (χ1) is 5.83. The van der Waals surface area contributed by atoms with Gasteiger partial charge in [0.05, 0.1) is 17.7 Å². The average Bonchev–Trinajstić information content (AvgIpc) is 2.48. The van der Waals surface area contributed by atoms with Gasteiger partial charge in [0.2, 0.25) is 5.88 Å². The first kappa shape index (κ1) is 7.86. The number of hydrogen-bond acceptors (Lipinski definition) is 4. The lowest BCUT2D eigenvalue weighted by Crippen LogP contribution is -1.96. The lowest BCUT2D eigenvalue weighted by molar-refractivity contribution is 0.384. The van der Waals surface area contributed by atoms with Gasteiger partial charge < -0.3 is 4.74 Å². The van der Waals surface area contributed by atoms with Crippen molar-refractivity contribution in [2.24, 2.45) is 0 Å². The van der Waals surface area contributed by atoms with Crippen molar-refractivity contribution in [2.75, 3.05) is 12.9 Å². The zero-order valence-electron chi connectivity index (χ0n) is 7.07. The molecule has 0 saturated carbocycles. The van der Waals surface area contributed by atoms with Crippen molar-refractivity contribution in [1.29, 1.82) is 0 Å². The molecule has 0 fully saturated rings. The van der Waals surface area contributed by atoms with Crippen molar-refractivity contribution in [1.82, 2.24) is 9.97 Å². The van der Waals surface area contributed by atoms with E-state index in [1.54, 1.807) is 25.2 Å². The molecule has 0 aromatic carbocycles. The van der Waals surface area contributed by atoms with Gasteiger partial charge in [0.25, 0.3) is 0 Å². The van der Waals surface area contributed by atoms with E-state index in [0.29, 0.717) is 11.8 Å². The molecule has 2 heterocycles. The van der Waals surface area contributed by atoms with Gasteiger partial charge in [-0.05, 0) is 0 Å². The summed E-state index contributed by atoms with van der Waals surface area (Å²) in [6.07, 6.45) is 1.57. The number of hydrogen-bond donors (Lipinski definition) is 0. The maximum absolute atomic E-state index is 5.13. The Hall–Kier alpha value is -0.770. The summed E-state index contributed by atoms with van der Waals surface area (Å²) in [6.45, 7) is 2.17. The van der Waals surface area contributed by atoms with Crippen molar-refractivity contribution in [3.8, 4) is 5.88 Å². The summed E-state index contributed by atoms with van der Waals surface area (Å²) < 4.78 is 5.13. The highest BCUT2D eigenvalue weighted by atomic mass is 32.2. The molecule has 0 spiro atoms. The minimum absolute atomic E-state index is 0.530. The molecule has 0 aliphatic carbocycles. The molecule has 1 aliphatic rings. The summed E-state index contributed by atoms with van der Waals surface area (Å²) in [5.41, 5.74) is 1.13. The number of methoxy groups -OCH3 is 1. The van der Waals surface area contributed by atoms with Crippen molar-refractivity contribution in [3.63, 3.8) is 0 Å². The Morgan fingerprint density at radius 2 is 2.42 bits per heavy atom. The van der Waals surface area contributed by atoms with Crippen LogP contribution < -0.4 is 4.74 Å². The topological polar surface area (TPSA) is 35.0 Å². The lowest BCUT2D eigenvalue weighted by atomic mass is 10.1. The van der Waals surface area contributed by atoms with Crippen molar-refractivity contribution in [2.45, 2.75) is 17.7 Å². The minimum atomic E-state index is 0.530. The Labute approximate surface area is 75.6 Å². The Morgan fingerprint density at radius 1 is 1.58 bits per heavy atom. The second-order valence-corrected chi connectivity index (χ2v) is 3.84. The molecule has 3 nitrogen and oxygen atoms in total. The van der Waals surface area contributed by atoms with Crippen LogP contribution in [-0.2, 0) is 0 Å². The lowest BCUT2D eigenvalue weighted by Gasteiger charge is -2.03. The largest absolute Gasteiger partial charge is 0.480 e. The number of fused-ring (bicyclic) bond motifs is 1. The fraction of sp³-hybridized carbons (Fsp3) is 0.500. The van der Waals surface area contributed by atoms with Gasteiger partial charge in [-0.1, -0.05) is 6.92 Å². The third-order valence-electron chi connectivity index (χ3n) is 1.94. The molecule has 2 rings (SSSR count). The van der Waals surface area contributed by atoms with Crippen LogP contribution in [0.4, 0.5) is 0 Å². The number of rotatable bonds is 1. The van der Waals surface area contributed by atoms with E-state index in [9.17, 15) is 0 Å². The highest BCUT2D eigenvalue weighted by Gasteiger charge is 2.24. The smallest absolute Gasteiger partial charge is 0.230 e. The van der Waals surface area contributed by atoms with Crippen LogP contribution in [-0.4, -0.2) is 22.8 Å². The summed E-state index contributed by atoms with van der Waals surface area (Å²) in [7, 11) is 1.64. The number of nitrogens with zero attached hydrogens (tertiary/aromatic N) is 2. The average molecular weight is 182 g/mol. The van der Waals surface area contributed by atoms with Crippen LogP contribution in [0.2, 0.25) is 0 Å². The van der Waals surface area contributed by atoms with Crippen LogP contribution in [0.15, 0.2) is 11.2 Å². The van der Waals surface area contributed by atoms with E-state index >= 15 is 0 Å². The summed E-state index contributed by atoms with van der Waals surface area (Å²) in [5.74, 6) is 2.33. The molecule has 64 valence electrons. The molecule has 0 saturated heterocycles. The highest BCUT2D eigenvalue weighted by Crippen LogP contribution is 2.41. The number of ether oxygens (including phenoxy) is 1. The first-order valence-electron chi connectivity index (χ1n) is 3.84. The van der Waals surface area contributed by atoms with Gasteiger partial charge in [0.1, 0.15) is 6.33 Å². The third-order valence-corrected chi connectivity index (χ3v) is 3.28. The summed E-state index contributed by atoms with van der Waals surface area (Å²) in [4.78, 5) is 9.40. The van der Waals surface area contributed by atoms with Crippen LogP contribution in [0.5, 0.6) is 5.88 Å². The zero-order valence-corrected chi connectivity index (χ0v) is 7.89. The van der Waals surface area contributed by atoms with Gasteiger partial charge in [-0.2, -0.15) is 0 Å². The van der Waals surface area contributed by atoms with Gasteiger partial charge in [0, 0.05) is 11.7 Å². The van der Waals surface area contributed by atoms with E-state index in [2.05, 4.69) is 16.9 Å². The minimum Gasteiger partial charge on any atom is -0.480 e. The molecular weight excluding hydrogens is 172 g/mol. The molecule has 4 heteroatoms. The monoisotopic (exact) mass is 182 g/mol. The molecule has 0 bridgehead atoms. The highest BCUT2D eigenvalue weighted by molar-refractivity contribution is 7.99. The van der Waals surface area contributed by atoms with E-state index in [1.165, 1.54) is 0 Å². The SMILES string of the molecule is COc1ncnc2c1SCC2C. The number of thioether (sulfide) groups is 1. The van der Waals surface area contributed by atoms with Crippen molar-refractivity contribution < 1.29 is 4.74 Å². The third kappa shape index (κ3) is 1.06. The summed E-state index contributed by atoms with van der Waals surface area (Å²) >= 11 is 1.78. The second kappa shape index (κ2) is 2.94. The van der Waals surface area contributed by atoms with Gasteiger partial charge >= 0.3 is 0 Å². The van der Waals surface area contributed by atoms with E-state index in [1.807, 2.05) is 0 Å². The van der Waals surface area contributed by atoms with Crippen LogP contribution in [0, 0.1) is 0 Å². The predicted octanol–water partition coefficient (Wildman–Crippen LogP) is 1.69. The molecule has 0 radical (unpaired) electrons. The van der Waals surface area contributed by atoms with Gasteiger partial charge in [-0.3, -0.25) is 0 Å². The van der Waals surface area contributed by atoms with Gasteiger partial charge in [-0.15, -0.1) is 11.8 Å². The number of aromatic nitrogens is 2. The predicted molar refractivity (Wildman–Crippen MR) is 47.7 cm³/mol. The fourth-order valence-electron chi connectivity index (χ4n) is 1.29. The second-order valence-electron chi connectivity index (χ2n) is 2.81. The molecule has 12 heavy (non-hydrogen) atoms. The van der Waals surface area contributed by atoms with Crippen LogP contribution in [0.3, 0.4) is 0 Å². The Morgan fingerprint density at radius 3 is 3.17 bits per heavy atom. The summed E-state index contributed by atoms with van der Waals surface area (Å²) in [5, 5.41) is 0. The van der Waals surface area contributed by atoms with Crippen molar-refractivity contribution in [3.05, 3.63) is 12.0 Å². The molecule has 1 unspecified atom stereocenters. The van der Waals surface area contributed by atoms with Gasteiger partial charge in [0.15, 0.2) is 0 Å².